The molecule has 2 aromatic heterocycles. The average molecular weight is 276 g/mol. The molecule has 2 heterocycles. The molecule has 0 spiro atoms. The highest BCUT2D eigenvalue weighted by atomic mass is 32.1. The van der Waals surface area contributed by atoms with Gasteiger partial charge in [-0.15, -0.1) is 11.3 Å². The van der Waals surface area contributed by atoms with Crippen LogP contribution in [0.1, 0.15) is 25.8 Å². The standard InChI is InChI=1S/C14H16N2O2S/c1-10-11(8-13(19-10)14(17)18)9-15-7-5-12-4-2-3-6-16-12/h2-4,6,8,15H,5,7,9H2,1H3,(H,17,18). The number of rotatable bonds is 6. The van der Waals surface area contributed by atoms with Crippen molar-refractivity contribution in [3.63, 3.8) is 0 Å². The maximum absolute atomic E-state index is 10.9. The highest BCUT2D eigenvalue weighted by Gasteiger charge is 2.10. The van der Waals surface area contributed by atoms with E-state index in [1.165, 1.54) is 11.3 Å². The van der Waals surface area contributed by atoms with Gasteiger partial charge in [-0.2, -0.15) is 0 Å². The summed E-state index contributed by atoms with van der Waals surface area (Å²) in [5.74, 6) is -0.854. The van der Waals surface area contributed by atoms with Crippen LogP contribution in [0.15, 0.2) is 30.5 Å². The SMILES string of the molecule is Cc1sc(C(=O)O)cc1CNCCc1ccccn1. The van der Waals surface area contributed by atoms with Gasteiger partial charge in [-0.3, -0.25) is 4.98 Å². The number of nitrogens with one attached hydrogen (secondary N) is 1. The molecule has 0 aliphatic carbocycles. The Bertz CT molecular complexity index is 552. The molecule has 0 saturated carbocycles. The van der Waals surface area contributed by atoms with E-state index < -0.39 is 5.97 Å². The third kappa shape index (κ3) is 3.87. The van der Waals surface area contributed by atoms with Crippen molar-refractivity contribution in [1.29, 1.82) is 0 Å². The molecule has 0 aromatic carbocycles. The largest absolute Gasteiger partial charge is 0.477 e. The van der Waals surface area contributed by atoms with E-state index in [9.17, 15) is 4.79 Å². The van der Waals surface area contributed by atoms with E-state index in [2.05, 4.69) is 10.3 Å². The lowest BCUT2D eigenvalue weighted by Gasteiger charge is -2.04. The Labute approximate surface area is 116 Å². The molecule has 0 unspecified atom stereocenters. The normalized spacial score (nSPS) is 10.6. The molecule has 2 N–H and O–H groups in total. The molecular formula is C14H16N2O2S. The number of hydrogen-bond donors (Lipinski definition) is 2. The summed E-state index contributed by atoms with van der Waals surface area (Å²) in [5.41, 5.74) is 2.12. The maximum Gasteiger partial charge on any atom is 0.345 e. The summed E-state index contributed by atoms with van der Waals surface area (Å²) >= 11 is 1.32. The second-order valence-corrected chi connectivity index (χ2v) is 5.50. The smallest absolute Gasteiger partial charge is 0.345 e. The molecule has 0 amide bonds. The summed E-state index contributed by atoms with van der Waals surface area (Å²) in [6.45, 7) is 3.48. The molecule has 0 fully saturated rings. The quantitative estimate of drug-likeness (QED) is 0.796. The Balaban J connectivity index is 1.81. The maximum atomic E-state index is 10.9. The Morgan fingerprint density at radius 2 is 2.32 bits per heavy atom. The van der Waals surface area contributed by atoms with Gasteiger partial charge in [0.05, 0.1) is 0 Å². The Kier molecular flexibility index (Phi) is 4.65. The van der Waals surface area contributed by atoms with Crippen molar-refractivity contribution < 1.29 is 9.90 Å². The monoisotopic (exact) mass is 276 g/mol. The predicted octanol–water partition coefficient (Wildman–Crippen LogP) is 2.48. The second kappa shape index (κ2) is 6.45. The van der Waals surface area contributed by atoms with Crippen LogP contribution in [-0.4, -0.2) is 22.6 Å². The highest BCUT2D eigenvalue weighted by Crippen LogP contribution is 2.21. The first-order chi connectivity index (χ1) is 9.16. The van der Waals surface area contributed by atoms with Crippen molar-refractivity contribution >= 4 is 17.3 Å². The summed E-state index contributed by atoms with van der Waals surface area (Å²) < 4.78 is 0. The van der Waals surface area contributed by atoms with Gasteiger partial charge in [0.25, 0.3) is 0 Å². The molecule has 2 rings (SSSR count). The molecule has 0 radical (unpaired) electrons. The Morgan fingerprint density at radius 3 is 2.95 bits per heavy atom. The van der Waals surface area contributed by atoms with E-state index in [1.807, 2.05) is 25.1 Å². The van der Waals surface area contributed by atoms with E-state index >= 15 is 0 Å². The molecular weight excluding hydrogens is 260 g/mol. The predicted molar refractivity (Wildman–Crippen MR) is 75.7 cm³/mol. The molecule has 5 heteroatoms. The van der Waals surface area contributed by atoms with Gasteiger partial charge < -0.3 is 10.4 Å². The summed E-state index contributed by atoms with van der Waals surface area (Å²) in [6.07, 6.45) is 2.66. The van der Waals surface area contributed by atoms with Crippen molar-refractivity contribution in [2.45, 2.75) is 19.9 Å². The zero-order valence-electron chi connectivity index (χ0n) is 10.7. The Morgan fingerprint density at radius 1 is 1.47 bits per heavy atom. The van der Waals surface area contributed by atoms with Crippen LogP contribution in [0.3, 0.4) is 0 Å². The van der Waals surface area contributed by atoms with Gasteiger partial charge in [-0.1, -0.05) is 6.07 Å². The number of thiophene rings is 1. The van der Waals surface area contributed by atoms with Gasteiger partial charge in [-0.05, 0) is 30.7 Å². The van der Waals surface area contributed by atoms with E-state index in [0.29, 0.717) is 11.4 Å². The van der Waals surface area contributed by atoms with Crippen LogP contribution >= 0.6 is 11.3 Å². The van der Waals surface area contributed by atoms with Gasteiger partial charge in [0.2, 0.25) is 0 Å². The van der Waals surface area contributed by atoms with Crippen molar-refractivity contribution in [2.24, 2.45) is 0 Å². The van der Waals surface area contributed by atoms with Crippen LogP contribution in [0.2, 0.25) is 0 Å². The number of aromatic nitrogens is 1. The highest BCUT2D eigenvalue weighted by molar-refractivity contribution is 7.14. The van der Waals surface area contributed by atoms with Crippen molar-refractivity contribution in [2.75, 3.05) is 6.54 Å². The molecule has 0 aliphatic heterocycles. The number of carboxylic acid groups (broad SMARTS) is 1. The lowest BCUT2D eigenvalue weighted by atomic mass is 10.2. The number of aromatic carboxylic acids is 1. The van der Waals surface area contributed by atoms with E-state index in [0.717, 1.165) is 29.1 Å². The molecule has 100 valence electrons. The third-order valence-electron chi connectivity index (χ3n) is 2.83. The van der Waals surface area contributed by atoms with E-state index in [-0.39, 0.29) is 0 Å². The molecule has 2 aromatic rings. The fourth-order valence-corrected chi connectivity index (χ4v) is 2.67. The molecule has 0 saturated heterocycles. The fraction of sp³-hybridized carbons (Fsp3) is 0.286. The zero-order valence-corrected chi connectivity index (χ0v) is 11.5. The first-order valence-corrected chi connectivity index (χ1v) is 6.91. The zero-order chi connectivity index (χ0) is 13.7. The summed E-state index contributed by atoms with van der Waals surface area (Å²) in [7, 11) is 0. The van der Waals surface area contributed by atoms with E-state index in [4.69, 9.17) is 5.11 Å². The minimum absolute atomic E-state index is 0.402. The first kappa shape index (κ1) is 13.7. The lowest BCUT2D eigenvalue weighted by Crippen LogP contribution is -2.17. The van der Waals surface area contributed by atoms with Crippen LogP contribution in [0.5, 0.6) is 0 Å². The summed E-state index contributed by atoms with van der Waals surface area (Å²) in [5, 5.41) is 12.2. The number of pyridine rings is 1. The molecule has 0 aliphatic rings. The molecule has 0 bridgehead atoms. The van der Waals surface area contributed by atoms with Gasteiger partial charge in [0.1, 0.15) is 4.88 Å². The number of carboxylic acids is 1. The van der Waals surface area contributed by atoms with Crippen LogP contribution in [0, 0.1) is 6.92 Å². The number of carbonyl (C=O) groups is 1. The van der Waals surface area contributed by atoms with Crippen molar-refractivity contribution in [1.82, 2.24) is 10.3 Å². The van der Waals surface area contributed by atoms with Gasteiger partial charge >= 0.3 is 5.97 Å². The fourth-order valence-electron chi connectivity index (χ4n) is 1.79. The molecule has 4 nitrogen and oxygen atoms in total. The van der Waals surface area contributed by atoms with Crippen LogP contribution < -0.4 is 5.32 Å². The number of aryl methyl sites for hydroxylation is 1. The van der Waals surface area contributed by atoms with E-state index in [1.54, 1.807) is 12.3 Å². The Hall–Kier alpha value is -1.72. The molecule has 0 atom stereocenters. The minimum Gasteiger partial charge on any atom is -0.477 e. The lowest BCUT2D eigenvalue weighted by molar-refractivity contribution is 0.0702. The minimum atomic E-state index is -0.854. The number of nitrogens with zero attached hydrogens (tertiary/aromatic N) is 1. The van der Waals surface area contributed by atoms with Crippen molar-refractivity contribution in [3.05, 3.63) is 51.5 Å². The number of hydrogen-bond acceptors (Lipinski definition) is 4. The summed E-state index contributed by atoms with van der Waals surface area (Å²) in [6, 6.07) is 7.62. The van der Waals surface area contributed by atoms with Gasteiger partial charge in [-0.25, -0.2) is 4.79 Å². The van der Waals surface area contributed by atoms with Crippen molar-refractivity contribution in [3.8, 4) is 0 Å². The first-order valence-electron chi connectivity index (χ1n) is 6.10. The topological polar surface area (TPSA) is 62.2 Å². The van der Waals surface area contributed by atoms with Gasteiger partial charge in [0, 0.05) is 36.3 Å². The van der Waals surface area contributed by atoms with Crippen LogP contribution in [0.4, 0.5) is 0 Å². The summed E-state index contributed by atoms with van der Waals surface area (Å²) in [4.78, 5) is 16.6. The van der Waals surface area contributed by atoms with Crippen LogP contribution in [-0.2, 0) is 13.0 Å². The third-order valence-corrected chi connectivity index (χ3v) is 3.91. The van der Waals surface area contributed by atoms with Gasteiger partial charge in [0.15, 0.2) is 0 Å². The second-order valence-electron chi connectivity index (χ2n) is 4.25. The molecule has 19 heavy (non-hydrogen) atoms. The average Bonchev–Trinajstić information content (AvgIpc) is 2.78. The van der Waals surface area contributed by atoms with Crippen LogP contribution in [0.25, 0.3) is 0 Å².